The van der Waals surface area contributed by atoms with Crippen molar-refractivity contribution in [2.24, 2.45) is 11.8 Å². The van der Waals surface area contributed by atoms with Crippen molar-refractivity contribution in [2.45, 2.75) is 26.2 Å². The lowest BCUT2D eigenvalue weighted by Gasteiger charge is -2.17. The third-order valence-electron chi connectivity index (χ3n) is 3.52. The van der Waals surface area contributed by atoms with Gasteiger partial charge in [-0.05, 0) is 38.1 Å². The predicted octanol–water partition coefficient (Wildman–Crippen LogP) is 1.10. The molecule has 0 amide bonds. The van der Waals surface area contributed by atoms with E-state index in [1.54, 1.807) is 6.92 Å². The third kappa shape index (κ3) is 4.48. The predicted molar refractivity (Wildman–Crippen MR) is 66.6 cm³/mol. The number of aliphatic hydroxyl groups excluding tert-OH is 1. The number of hydrogen-bond donors (Lipinski definition) is 2. The summed E-state index contributed by atoms with van der Waals surface area (Å²) in [5.41, 5.74) is 0.630. The summed E-state index contributed by atoms with van der Waals surface area (Å²) in [4.78, 5) is 11.1. The van der Waals surface area contributed by atoms with Crippen LogP contribution in [-0.2, 0) is 9.53 Å². The Bertz CT molecular complexity index is 276. The van der Waals surface area contributed by atoms with Gasteiger partial charge < -0.3 is 15.2 Å². The lowest BCUT2D eigenvalue weighted by atomic mass is 9.97. The second kappa shape index (κ2) is 7.45. The molecule has 0 heterocycles. The summed E-state index contributed by atoms with van der Waals surface area (Å²) in [6.07, 6.45) is 5.39. The maximum absolute atomic E-state index is 11.1. The first-order valence-electron chi connectivity index (χ1n) is 6.25. The zero-order chi connectivity index (χ0) is 12.7. The molecule has 0 bridgehead atoms. The third-order valence-corrected chi connectivity index (χ3v) is 3.52. The van der Waals surface area contributed by atoms with Gasteiger partial charge in [0, 0.05) is 18.7 Å². The quantitative estimate of drug-likeness (QED) is 0.415. The van der Waals surface area contributed by atoms with Crippen LogP contribution < -0.4 is 5.32 Å². The molecule has 0 aromatic carbocycles. The Kier molecular flexibility index (Phi) is 6.22. The van der Waals surface area contributed by atoms with Gasteiger partial charge in [-0.15, -0.1) is 0 Å². The monoisotopic (exact) mass is 241 g/mol. The minimum atomic E-state index is -0.277. The summed E-state index contributed by atoms with van der Waals surface area (Å²) in [6.45, 7) is 3.63. The Balaban J connectivity index is 2.21. The molecule has 1 aliphatic carbocycles. The van der Waals surface area contributed by atoms with Crippen molar-refractivity contribution in [3.63, 3.8) is 0 Å². The summed E-state index contributed by atoms with van der Waals surface area (Å²) in [7, 11) is 1.39. The zero-order valence-corrected chi connectivity index (χ0v) is 10.7. The number of aliphatic hydroxyl groups is 1. The Hall–Kier alpha value is -0.870. The van der Waals surface area contributed by atoms with Crippen molar-refractivity contribution < 1.29 is 14.6 Å². The molecule has 17 heavy (non-hydrogen) atoms. The Labute approximate surface area is 103 Å². The van der Waals surface area contributed by atoms with E-state index >= 15 is 0 Å². The summed E-state index contributed by atoms with van der Waals surface area (Å²) in [5.74, 6) is 0.751. The van der Waals surface area contributed by atoms with E-state index in [1.807, 2.05) is 6.08 Å². The topological polar surface area (TPSA) is 58.6 Å². The standard InChI is InChI=1S/C13H23NO3/c1-10(13(16)17-2)6-7-14-8-11-4-3-5-12(11)9-15/h6,11-12,14-15H,3-5,7-9H2,1-2H3. The average molecular weight is 241 g/mol. The van der Waals surface area contributed by atoms with Gasteiger partial charge in [0.05, 0.1) is 7.11 Å². The van der Waals surface area contributed by atoms with E-state index in [4.69, 9.17) is 0 Å². The van der Waals surface area contributed by atoms with Gasteiger partial charge in [0.15, 0.2) is 0 Å². The van der Waals surface area contributed by atoms with Crippen LogP contribution in [0, 0.1) is 11.8 Å². The maximum atomic E-state index is 11.1. The molecule has 4 heteroatoms. The SMILES string of the molecule is COC(=O)C(C)=CCNCC1CCCC1CO. The van der Waals surface area contributed by atoms with Crippen LogP contribution in [0.1, 0.15) is 26.2 Å². The Morgan fingerprint density at radius 2 is 2.18 bits per heavy atom. The van der Waals surface area contributed by atoms with Crippen LogP contribution in [-0.4, -0.2) is 37.9 Å². The number of carbonyl (C=O) groups is 1. The molecule has 2 N–H and O–H groups in total. The van der Waals surface area contributed by atoms with E-state index in [9.17, 15) is 9.90 Å². The van der Waals surface area contributed by atoms with Gasteiger partial charge in [-0.25, -0.2) is 4.79 Å². The summed E-state index contributed by atoms with van der Waals surface area (Å²) in [6, 6.07) is 0. The highest BCUT2D eigenvalue weighted by Gasteiger charge is 2.25. The highest BCUT2D eigenvalue weighted by Crippen LogP contribution is 2.30. The number of esters is 1. The number of carbonyl (C=O) groups excluding carboxylic acids is 1. The first-order chi connectivity index (χ1) is 8.19. The van der Waals surface area contributed by atoms with Crippen LogP contribution in [0.3, 0.4) is 0 Å². The van der Waals surface area contributed by atoms with Gasteiger partial charge in [-0.2, -0.15) is 0 Å². The van der Waals surface area contributed by atoms with Crippen molar-refractivity contribution in [1.82, 2.24) is 5.32 Å². The van der Waals surface area contributed by atoms with E-state index in [1.165, 1.54) is 20.0 Å². The number of methoxy groups -OCH3 is 1. The van der Waals surface area contributed by atoms with Crippen LogP contribution in [0.5, 0.6) is 0 Å². The van der Waals surface area contributed by atoms with E-state index in [2.05, 4.69) is 10.1 Å². The molecule has 1 saturated carbocycles. The molecule has 98 valence electrons. The van der Waals surface area contributed by atoms with Crippen LogP contribution in [0.2, 0.25) is 0 Å². The smallest absolute Gasteiger partial charge is 0.333 e. The molecule has 1 rings (SSSR count). The fourth-order valence-electron chi connectivity index (χ4n) is 2.36. The molecule has 0 spiro atoms. The van der Waals surface area contributed by atoms with E-state index in [0.29, 0.717) is 30.6 Å². The summed E-state index contributed by atoms with van der Waals surface area (Å²) >= 11 is 0. The van der Waals surface area contributed by atoms with E-state index < -0.39 is 0 Å². The number of rotatable bonds is 6. The van der Waals surface area contributed by atoms with Crippen molar-refractivity contribution in [2.75, 3.05) is 26.8 Å². The molecule has 1 aliphatic rings. The fourth-order valence-corrected chi connectivity index (χ4v) is 2.36. The van der Waals surface area contributed by atoms with Gasteiger partial charge in [-0.3, -0.25) is 0 Å². The van der Waals surface area contributed by atoms with Gasteiger partial charge >= 0.3 is 5.97 Å². The van der Waals surface area contributed by atoms with E-state index in [-0.39, 0.29) is 5.97 Å². The first-order valence-corrected chi connectivity index (χ1v) is 6.25. The summed E-state index contributed by atoms with van der Waals surface area (Å²) < 4.78 is 4.61. The molecular formula is C13H23NO3. The molecule has 2 atom stereocenters. The summed E-state index contributed by atoms with van der Waals surface area (Å²) in [5, 5.41) is 12.5. The minimum Gasteiger partial charge on any atom is -0.466 e. The van der Waals surface area contributed by atoms with E-state index in [0.717, 1.165) is 13.0 Å². The molecule has 4 nitrogen and oxygen atoms in total. The maximum Gasteiger partial charge on any atom is 0.333 e. The minimum absolute atomic E-state index is 0.277. The highest BCUT2D eigenvalue weighted by molar-refractivity contribution is 5.87. The van der Waals surface area contributed by atoms with Gasteiger partial charge in [0.2, 0.25) is 0 Å². The number of hydrogen-bond acceptors (Lipinski definition) is 4. The Morgan fingerprint density at radius 1 is 1.47 bits per heavy atom. The first kappa shape index (κ1) is 14.2. The van der Waals surface area contributed by atoms with Gasteiger partial charge in [0.1, 0.15) is 0 Å². The molecule has 0 radical (unpaired) electrons. The molecule has 0 aromatic heterocycles. The zero-order valence-electron chi connectivity index (χ0n) is 10.7. The van der Waals surface area contributed by atoms with Gasteiger partial charge in [0.25, 0.3) is 0 Å². The van der Waals surface area contributed by atoms with Crippen LogP contribution >= 0.6 is 0 Å². The largest absolute Gasteiger partial charge is 0.466 e. The van der Waals surface area contributed by atoms with Gasteiger partial charge in [-0.1, -0.05) is 12.5 Å². The normalized spacial score (nSPS) is 25.0. The van der Waals surface area contributed by atoms with Crippen LogP contribution in [0.15, 0.2) is 11.6 Å². The fraction of sp³-hybridized carbons (Fsp3) is 0.769. The van der Waals surface area contributed by atoms with Crippen molar-refractivity contribution in [3.05, 3.63) is 11.6 Å². The van der Waals surface area contributed by atoms with Crippen molar-refractivity contribution in [3.8, 4) is 0 Å². The molecular weight excluding hydrogens is 218 g/mol. The number of nitrogens with one attached hydrogen (secondary N) is 1. The molecule has 0 saturated heterocycles. The number of ether oxygens (including phenoxy) is 1. The van der Waals surface area contributed by atoms with Crippen molar-refractivity contribution >= 4 is 5.97 Å². The van der Waals surface area contributed by atoms with Crippen molar-refractivity contribution in [1.29, 1.82) is 0 Å². The molecule has 0 aromatic rings. The molecule has 0 aliphatic heterocycles. The Morgan fingerprint density at radius 3 is 2.82 bits per heavy atom. The lowest BCUT2D eigenvalue weighted by molar-refractivity contribution is -0.136. The van der Waals surface area contributed by atoms with Crippen LogP contribution in [0.4, 0.5) is 0 Å². The average Bonchev–Trinajstić information content (AvgIpc) is 2.80. The lowest BCUT2D eigenvalue weighted by Crippen LogP contribution is -2.27. The highest BCUT2D eigenvalue weighted by atomic mass is 16.5. The second-order valence-electron chi connectivity index (χ2n) is 4.67. The molecule has 2 unspecified atom stereocenters. The van der Waals surface area contributed by atoms with Crippen LogP contribution in [0.25, 0.3) is 0 Å². The second-order valence-corrected chi connectivity index (χ2v) is 4.67. The molecule has 1 fully saturated rings.